The smallest absolute Gasteiger partial charge is 0.128 e. The lowest BCUT2D eigenvalue weighted by Gasteiger charge is -2.23. The van der Waals surface area contributed by atoms with Crippen molar-refractivity contribution in [2.24, 2.45) is 5.92 Å². The minimum absolute atomic E-state index is 0.0359. The van der Waals surface area contributed by atoms with Crippen LogP contribution in [0.1, 0.15) is 39.2 Å². The predicted molar refractivity (Wildman–Crippen MR) is 73.9 cm³/mol. The molecule has 1 aliphatic carbocycles. The van der Waals surface area contributed by atoms with Crippen LogP contribution in [0.2, 0.25) is 0 Å². The number of ether oxygens (including phenoxy) is 2. The van der Waals surface area contributed by atoms with Gasteiger partial charge < -0.3 is 19.4 Å². The second-order valence-corrected chi connectivity index (χ2v) is 6.32. The Hall–Kier alpha value is -1.71. The topological polar surface area (TPSA) is 58.6 Å². The van der Waals surface area contributed by atoms with Crippen LogP contribution < -0.4 is 14.6 Å². The first-order valence-corrected chi connectivity index (χ1v) is 6.96. The molecule has 0 N–H and O–H groups in total. The van der Waals surface area contributed by atoms with Crippen LogP contribution in [-0.2, 0) is 10.2 Å². The summed E-state index contributed by atoms with van der Waals surface area (Å²) in [6.07, 6.45) is 2.46. The molecule has 110 valence electrons. The summed E-state index contributed by atoms with van der Waals surface area (Å²) in [5.74, 6) is 0.703. The van der Waals surface area contributed by atoms with E-state index in [1.807, 2.05) is 6.07 Å². The van der Waals surface area contributed by atoms with Crippen molar-refractivity contribution >= 4 is 5.97 Å². The molecule has 0 bridgehead atoms. The molecule has 0 spiro atoms. The highest BCUT2D eigenvalue weighted by Crippen LogP contribution is 2.36. The van der Waals surface area contributed by atoms with Crippen LogP contribution in [0.5, 0.6) is 11.5 Å². The fraction of sp³-hybridized carbons (Fsp3) is 0.562. The first-order valence-electron chi connectivity index (χ1n) is 6.96. The van der Waals surface area contributed by atoms with E-state index in [0.717, 1.165) is 11.3 Å². The normalized spacial score (nSPS) is 14.9. The van der Waals surface area contributed by atoms with Gasteiger partial charge in [0.25, 0.3) is 0 Å². The van der Waals surface area contributed by atoms with Gasteiger partial charge in [0.05, 0.1) is 12.6 Å². The average molecular weight is 277 g/mol. The summed E-state index contributed by atoms with van der Waals surface area (Å²) in [5.41, 5.74) is 1.06. The van der Waals surface area contributed by atoms with E-state index in [2.05, 4.69) is 20.8 Å². The molecule has 2 rings (SSSR count). The summed E-state index contributed by atoms with van der Waals surface area (Å²) in [6, 6.07) is 5.48. The van der Waals surface area contributed by atoms with E-state index >= 15 is 0 Å². The van der Waals surface area contributed by atoms with Crippen molar-refractivity contribution in [3.05, 3.63) is 23.8 Å². The van der Waals surface area contributed by atoms with Gasteiger partial charge in [-0.05, 0) is 35.8 Å². The SMILES string of the molecule is CC(C)(C)c1ccc(OCC(=O)[O-])cc1OCC1CC1. The Balaban J connectivity index is 2.16. The molecule has 1 aliphatic rings. The van der Waals surface area contributed by atoms with E-state index in [1.165, 1.54) is 12.8 Å². The summed E-state index contributed by atoms with van der Waals surface area (Å²) >= 11 is 0. The monoisotopic (exact) mass is 277 g/mol. The van der Waals surface area contributed by atoms with E-state index in [4.69, 9.17) is 9.47 Å². The molecule has 0 heterocycles. The Kier molecular flexibility index (Phi) is 4.21. The molecule has 1 aromatic carbocycles. The summed E-state index contributed by atoms with van der Waals surface area (Å²) in [6.45, 7) is 6.62. The zero-order chi connectivity index (χ0) is 14.8. The Morgan fingerprint density at radius 1 is 1.30 bits per heavy atom. The molecule has 0 saturated heterocycles. The molecule has 1 aromatic rings. The van der Waals surface area contributed by atoms with E-state index in [-0.39, 0.29) is 5.41 Å². The van der Waals surface area contributed by atoms with Crippen LogP contribution in [0, 0.1) is 5.92 Å². The molecule has 0 radical (unpaired) electrons. The molecule has 1 saturated carbocycles. The maximum absolute atomic E-state index is 10.4. The van der Waals surface area contributed by atoms with Gasteiger partial charge in [0, 0.05) is 6.07 Å². The summed E-state index contributed by atoms with van der Waals surface area (Å²) < 4.78 is 11.0. The maximum Gasteiger partial charge on any atom is 0.128 e. The molecule has 0 aromatic heterocycles. The Bertz CT molecular complexity index is 484. The van der Waals surface area contributed by atoms with Crippen molar-refractivity contribution in [3.8, 4) is 11.5 Å². The number of aliphatic carboxylic acids is 1. The number of benzene rings is 1. The number of carboxylic acid groups (broad SMARTS) is 1. The quantitative estimate of drug-likeness (QED) is 0.797. The zero-order valence-electron chi connectivity index (χ0n) is 12.3. The molecule has 0 unspecified atom stereocenters. The van der Waals surface area contributed by atoms with Gasteiger partial charge in [0.15, 0.2) is 0 Å². The number of carboxylic acids is 1. The van der Waals surface area contributed by atoms with Crippen molar-refractivity contribution in [1.29, 1.82) is 0 Å². The highest BCUT2D eigenvalue weighted by molar-refractivity contribution is 5.66. The van der Waals surface area contributed by atoms with Gasteiger partial charge in [-0.25, -0.2) is 0 Å². The van der Waals surface area contributed by atoms with Gasteiger partial charge in [-0.15, -0.1) is 0 Å². The van der Waals surface area contributed by atoms with Gasteiger partial charge in [-0.2, -0.15) is 0 Å². The molecular weight excluding hydrogens is 256 g/mol. The Morgan fingerprint density at radius 2 is 2.00 bits per heavy atom. The summed E-state index contributed by atoms with van der Waals surface area (Å²) in [4.78, 5) is 10.4. The third kappa shape index (κ3) is 4.15. The molecule has 20 heavy (non-hydrogen) atoms. The minimum Gasteiger partial charge on any atom is -0.546 e. The first-order chi connectivity index (χ1) is 9.36. The van der Waals surface area contributed by atoms with Crippen LogP contribution in [0.25, 0.3) is 0 Å². The second-order valence-electron chi connectivity index (χ2n) is 6.32. The van der Waals surface area contributed by atoms with Crippen molar-refractivity contribution in [2.75, 3.05) is 13.2 Å². The number of carbonyl (C=O) groups excluding carboxylic acids is 1. The largest absolute Gasteiger partial charge is 0.546 e. The summed E-state index contributed by atoms with van der Waals surface area (Å²) in [5, 5.41) is 10.4. The van der Waals surface area contributed by atoms with E-state index < -0.39 is 12.6 Å². The van der Waals surface area contributed by atoms with Crippen LogP contribution in [0.3, 0.4) is 0 Å². The maximum atomic E-state index is 10.4. The molecule has 4 nitrogen and oxygen atoms in total. The Labute approximate surface area is 119 Å². The van der Waals surface area contributed by atoms with E-state index in [1.54, 1.807) is 12.1 Å². The fourth-order valence-electron chi connectivity index (χ4n) is 1.97. The average Bonchev–Trinajstić information content (AvgIpc) is 3.16. The van der Waals surface area contributed by atoms with Gasteiger partial charge >= 0.3 is 0 Å². The van der Waals surface area contributed by atoms with Crippen molar-refractivity contribution in [1.82, 2.24) is 0 Å². The number of rotatable bonds is 6. The molecule has 1 fully saturated rings. The van der Waals surface area contributed by atoms with Gasteiger partial charge in [0.1, 0.15) is 18.1 Å². The van der Waals surface area contributed by atoms with Crippen molar-refractivity contribution < 1.29 is 19.4 Å². The lowest BCUT2D eigenvalue weighted by atomic mass is 9.86. The number of hydrogen-bond acceptors (Lipinski definition) is 4. The number of carbonyl (C=O) groups is 1. The lowest BCUT2D eigenvalue weighted by molar-refractivity contribution is -0.307. The van der Waals surface area contributed by atoms with Crippen LogP contribution in [0.4, 0.5) is 0 Å². The zero-order valence-corrected chi connectivity index (χ0v) is 12.3. The number of hydrogen-bond donors (Lipinski definition) is 0. The van der Waals surface area contributed by atoms with Crippen molar-refractivity contribution in [3.63, 3.8) is 0 Å². The molecule has 0 atom stereocenters. The Morgan fingerprint density at radius 3 is 2.55 bits per heavy atom. The molecule has 0 amide bonds. The first kappa shape index (κ1) is 14.7. The highest BCUT2D eigenvalue weighted by atomic mass is 16.5. The van der Waals surface area contributed by atoms with Gasteiger partial charge in [-0.3, -0.25) is 0 Å². The highest BCUT2D eigenvalue weighted by Gasteiger charge is 2.24. The van der Waals surface area contributed by atoms with Crippen LogP contribution in [0.15, 0.2) is 18.2 Å². The lowest BCUT2D eigenvalue weighted by Crippen LogP contribution is -2.29. The third-order valence-corrected chi connectivity index (χ3v) is 3.29. The predicted octanol–water partition coefficient (Wildman–Crippen LogP) is 1.90. The van der Waals surface area contributed by atoms with Crippen LogP contribution >= 0.6 is 0 Å². The summed E-state index contributed by atoms with van der Waals surface area (Å²) in [7, 11) is 0. The molecular formula is C16H21O4-. The van der Waals surface area contributed by atoms with Gasteiger partial charge in [0.2, 0.25) is 0 Å². The van der Waals surface area contributed by atoms with Crippen LogP contribution in [-0.4, -0.2) is 19.2 Å². The fourth-order valence-corrected chi connectivity index (χ4v) is 1.97. The van der Waals surface area contributed by atoms with Crippen molar-refractivity contribution in [2.45, 2.75) is 39.0 Å². The minimum atomic E-state index is -1.23. The van der Waals surface area contributed by atoms with Gasteiger partial charge in [-0.1, -0.05) is 26.8 Å². The molecule has 0 aliphatic heterocycles. The molecule has 4 heteroatoms. The van der Waals surface area contributed by atoms with E-state index in [0.29, 0.717) is 18.3 Å². The standard InChI is InChI=1S/C16H22O4/c1-16(2,3)13-7-6-12(19-10-15(17)18)8-14(13)20-9-11-4-5-11/h6-8,11H,4-5,9-10H2,1-3H3,(H,17,18)/p-1. The third-order valence-electron chi connectivity index (χ3n) is 3.29. The second kappa shape index (κ2) is 5.73. The van der Waals surface area contributed by atoms with E-state index in [9.17, 15) is 9.90 Å².